The average molecular weight is 226 g/mol. The summed E-state index contributed by atoms with van der Waals surface area (Å²) in [7, 11) is 0. The molecule has 0 aliphatic rings. The molecule has 1 heterocycles. The standard InChI is InChI=1S/C13H14N4/c1-13(8-14,9-15)17-12-7-16-6-10-4-2-3-5-11(10)12/h2-7,17H,8,14H2,1H3. The quantitative estimate of drug-likeness (QED) is 0.838. The molecule has 0 amide bonds. The molecule has 0 fully saturated rings. The van der Waals surface area contributed by atoms with Crippen molar-refractivity contribution in [1.82, 2.24) is 4.98 Å². The largest absolute Gasteiger partial charge is 0.365 e. The minimum Gasteiger partial charge on any atom is -0.365 e. The predicted octanol–water partition coefficient (Wildman–Crippen LogP) is 1.89. The van der Waals surface area contributed by atoms with Crippen molar-refractivity contribution in [2.24, 2.45) is 5.73 Å². The van der Waals surface area contributed by atoms with E-state index in [1.165, 1.54) is 0 Å². The summed E-state index contributed by atoms with van der Waals surface area (Å²) in [6.45, 7) is 2.02. The third-order valence-corrected chi connectivity index (χ3v) is 2.73. The first-order chi connectivity index (χ1) is 8.18. The molecule has 1 aromatic heterocycles. The molecule has 3 N–H and O–H groups in total. The van der Waals surface area contributed by atoms with Crippen LogP contribution in [0.4, 0.5) is 5.69 Å². The highest BCUT2D eigenvalue weighted by molar-refractivity contribution is 5.93. The van der Waals surface area contributed by atoms with Gasteiger partial charge in [0.2, 0.25) is 0 Å². The van der Waals surface area contributed by atoms with Crippen LogP contribution in [0.25, 0.3) is 10.8 Å². The van der Waals surface area contributed by atoms with E-state index in [0.717, 1.165) is 16.5 Å². The van der Waals surface area contributed by atoms with Crippen molar-refractivity contribution in [3.05, 3.63) is 36.7 Å². The molecular formula is C13H14N4. The van der Waals surface area contributed by atoms with Crippen LogP contribution in [0.5, 0.6) is 0 Å². The number of fused-ring (bicyclic) bond motifs is 1. The number of nitriles is 1. The molecule has 0 aliphatic heterocycles. The van der Waals surface area contributed by atoms with E-state index in [4.69, 9.17) is 11.0 Å². The van der Waals surface area contributed by atoms with Crippen LogP contribution >= 0.6 is 0 Å². The molecule has 2 aromatic rings. The number of nitrogens with two attached hydrogens (primary N) is 1. The fraction of sp³-hybridized carbons (Fsp3) is 0.231. The van der Waals surface area contributed by atoms with Gasteiger partial charge in [-0.15, -0.1) is 0 Å². The summed E-state index contributed by atoms with van der Waals surface area (Å²) in [5, 5.41) is 14.3. The summed E-state index contributed by atoms with van der Waals surface area (Å²) in [5.74, 6) is 0. The Bertz CT molecular complexity index is 568. The molecule has 0 saturated carbocycles. The van der Waals surface area contributed by atoms with Crippen molar-refractivity contribution < 1.29 is 0 Å². The van der Waals surface area contributed by atoms with Gasteiger partial charge in [-0.25, -0.2) is 0 Å². The molecule has 4 nitrogen and oxygen atoms in total. The summed E-state index contributed by atoms with van der Waals surface area (Å²) in [4.78, 5) is 4.15. The van der Waals surface area contributed by atoms with E-state index >= 15 is 0 Å². The Hall–Kier alpha value is -2.12. The maximum Gasteiger partial charge on any atom is 0.134 e. The highest BCUT2D eigenvalue weighted by Crippen LogP contribution is 2.24. The Labute approximate surface area is 100 Å². The summed E-state index contributed by atoms with van der Waals surface area (Å²) in [6, 6.07) is 10.1. The minimum atomic E-state index is -0.772. The van der Waals surface area contributed by atoms with Crippen LogP contribution in [0.3, 0.4) is 0 Å². The lowest BCUT2D eigenvalue weighted by Gasteiger charge is -2.23. The number of nitrogens with zero attached hydrogens (tertiary/aromatic N) is 2. The van der Waals surface area contributed by atoms with Crippen LogP contribution in [-0.2, 0) is 0 Å². The summed E-state index contributed by atoms with van der Waals surface area (Å²) in [5.41, 5.74) is 5.66. The van der Waals surface area contributed by atoms with Gasteiger partial charge in [0, 0.05) is 23.5 Å². The fourth-order valence-electron chi connectivity index (χ4n) is 1.64. The number of benzene rings is 1. The van der Waals surface area contributed by atoms with Crippen LogP contribution in [-0.4, -0.2) is 17.1 Å². The maximum atomic E-state index is 9.11. The Balaban J connectivity index is 2.47. The average Bonchev–Trinajstić information content (AvgIpc) is 2.39. The van der Waals surface area contributed by atoms with E-state index in [0.29, 0.717) is 0 Å². The first kappa shape index (κ1) is 11.4. The molecule has 17 heavy (non-hydrogen) atoms. The fourth-order valence-corrected chi connectivity index (χ4v) is 1.64. The lowest BCUT2D eigenvalue weighted by atomic mass is 10.0. The molecule has 0 bridgehead atoms. The van der Waals surface area contributed by atoms with Gasteiger partial charge in [0.05, 0.1) is 18.0 Å². The maximum absolute atomic E-state index is 9.11. The van der Waals surface area contributed by atoms with Crippen molar-refractivity contribution in [3.8, 4) is 6.07 Å². The second kappa shape index (κ2) is 4.40. The topological polar surface area (TPSA) is 74.7 Å². The summed E-state index contributed by atoms with van der Waals surface area (Å²) in [6.07, 6.45) is 3.51. The van der Waals surface area contributed by atoms with Gasteiger partial charge in [0.25, 0.3) is 0 Å². The minimum absolute atomic E-state index is 0.243. The van der Waals surface area contributed by atoms with E-state index in [1.54, 1.807) is 19.3 Å². The zero-order valence-corrected chi connectivity index (χ0v) is 9.64. The van der Waals surface area contributed by atoms with Gasteiger partial charge >= 0.3 is 0 Å². The van der Waals surface area contributed by atoms with Crippen molar-refractivity contribution in [2.75, 3.05) is 11.9 Å². The molecule has 0 aliphatic carbocycles. The van der Waals surface area contributed by atoms with E-state index in [-0.39, 0.29) is 6.54 Å². The lowest BCUT2D eigenvalue weighted by molar-refractivity contribution is 0.662. The molecule has 86 valence electrons. The number of nitrogens with one attached hydrogen (secondary N) is 1. The molecule has 0 radical (unpaired) electrons. The predicted molar refractivity (Wildman–Crippen MR) is 68.4 cm³/mol. The van der Waals surface area contributed by atoms with Gasteiger partial charge in [0.15, 0.2) is 0 Å². The van der Waals surface area contributed by atoms with Gasteiger partial charge in [-0.05, 0) is 6.92 Å². The Morgan fingerprint density at radius 1 is 1.41 bits per heavy atom. The van der Waals surface area contributed by atoms with E-state index < -0.39 is 5.54 Å². The first-order valence-corrected chi connectivity index (χ1v) is 5.41. The first-order valence-electron chi connectivity index (χ1n) is 5.41. The van der Waals surface area contributed by atoms with Crippen LogP contribution in [0, 0.1) is 11.3 Å². The highest BCUT2D eigenvalue weighted by Gasteiger charge is 2.21. The number of hydrogen-bond acceptors (Lipinski definition) is 4. The summed E-state index contributed by atoms with van der Waals surface area (Å²) < 4.78 is 0. The zero-order chi connectivity index (χ0) is 12.3. The molecule has 4 heteroatoms. The lowest BCUT2D eigenvalue weighted by Crippen LogP contribution is -2.41. The number of aromatic nitrogens is 1. The Morgan fingerprint density at radius 2 is 2.18 bits per heavy atom. The molecule has 0 saturated heterocycles. The highest BCUT2D eigenvalue weighted by atomic mass is 15.0. The smallest absolute Gasteiger partial charge is 0.134 e. The van der Waals surface area contributed by atoms with Crippen LogP contribution < -0.4 is 11.1 Å². The van der Waals surface area contributed by atoms with Crippen LogP contribution in [0.15, 0.2) is 36.7 Å². The summed E-state index contributed by atoms with van der Waals surface area (Å²) >= 11 is 0. The molecule has 1 atom stereocenters. The zero-order valence-electron chi connectivity index (χ0n) is 9.64. The van der Waals surface area contributed by atoms with Crippen molar-refractivity contribution in [3.63, 3.8) is 0 Å². The van der Waals surface area contributed by atoms with Gasteiger partial charge < -0.3 is 11.1 Å². The Kier molecular flexibility index (Phi) is 2.94. The van der Waals surface area contributed by atoms with Crippen LogP contribution in [0.1, 0.15) is 6.92 Å². The van der Waals surface area contributed by atoms with Crippen molar-refractivity contribution in [2.45, 2.75) is 12.5 Å². The van der Waals surface area contributed by atoms with Crippen molar-refractivity contribution >= 4 is 16.5 Å². The van der Waals surface area contributed by atoms with E-state index in [1.807, 2.05) is 24.3 Å². The Morgan fingerprint density at radius 3 is 2.88 bits per heavy atom. The molecule has 1 unspecified atom stereocenters. The van der Waals surface area contributed by atoms with E-state index in [9.17, 15) is 0 Å². The molecular weight excluding hydrogens is 212 g/mol. The third kappa shape index (κ3) is 2.19. The van der Waals surface area contributed by atoms with Gasteiger partial charge in [0.1, 0.15) is 5.54 Å². The molecule has 2 rings (SSSR count). The van der Waals surface area contributed by atoms with Crippen molar-refractivity contribution in [1.29, 1.82) is 5.26 Å². The number of hydrogen-bond donors (Lipinski definition) is 2. The SMILES string of the molecule is CC(C#N)(CN)Nc1cncc2ccccc12. The van der Waals surface area contributed by atoms with Crippen LogP contribution in [0.2, 0.25) is 0 Å². The number of pyridine rings is 1. The molecule has 1 aromatic carbocycles. The van der Waals surface area contributed by atoms with Gasteiger partial charge in [-0.3, -0.25) is 4.98 Å². The van der Waals surface area contributed by atoms with Gasteiger partial charge in [-0.1, -0.05) is 24.3 Å². The number of anilines is 1. The third-order valence-electron chi connectivity index (χ3n) is 2.73. The second-order valence-corrected chi connectivity index (χ2v) is 4.18. The van der Waals surface area contributed by atoms with E-state index in [2.05, 4.69) is 16.4 Å². The monoisotopic (exact) mass is 226 g/mol. The second-order valence-electron chi connectivity index (χ2n) is 4.18. The molecule has 0 spiro atoms. The number of rotatable bonds is 3. The normalized spacial score (nSPS) is 13.9. The van der Waals surface area contributed by atoms with Gasteiger partial charge in [-0.2, -0.15) is 5.26 Å².